The number of para-hydroxylation sites is 1. The van der Waals surface area contributed by atoms with E-state index in [-0.39, 0.29) is 17.6 Å². The molecule has 1 aromatic carbocycles. The summed E-state index contributed by atoms with van der Waals surface area (Å²) in [6.07, 6.45) is 0. The second-order valence-electron chi connectivity index (χ2n) is 5.04. The van der Waals surface area contributed by atoms with E-state index in [9.17, 15) is 9.18 Å². The molecule has 0 spiro atoms. The van der Waals surface area contributed by atoms with Gasteiger partial charge in [0.2, 0.25) is 5.91 Å². The molecule has 1 heterocycles. The van der Waals surface area contributed by atoms with Crippen LogP contribution < -0.4 is 4.90 Å². The Labute approximate surface area is 115 Å². The Morgan fingerprint density at radius 1 is 1.32 bits per heavy atom. The molecule has 19 heavy (non-hydrogen) atoms. The summed E-state index contributed by atoms with van der Waals surface area (Å²) in [5, 5.41) is 0. The summed E-state index contributed by atoms with van der Waals surface area (Å²) in [5.41, 5.74) is 0.684. The normalized spacial score (nSPS) is 21.3. The van der Waals surface area contributed by atoms with Crippen molar-refractivity contribution in [2.75, 3.05) is 11.4 Å². The van der Waals surface area contributed by atoms with Gasteiger partial charge in [0, 0.05) is 6.54 Å². The summed E-state index contributed by atoms with van der Waals surface area (Å²) in [6.45, 7) is 12.3. The van der Waals surface area contributed by atoms with Crippen molar-refractivity contribution in [3.63, 3.8) is 0 Å². The molecule has 106 valence electrons. The van der Waals surface area contributed by atoms with Gasteiger partial charge in [0.25, 0.3) is 0 Å². The first-order valence-corrected chi connectivity index (χ1v) is 7.05. The lowest BCUT2D eigenvalue weighted by Crippen LogP contribution is -2.41. The Balaban J connectivity index is 0.000000861. The molecule has 0 aromatic heterocycles. The fourth-order valence-electron chi connectivity index (χ4n) is 2.57. The Bertz CT molecular complexity index is 470. The zero-order valence-electron chi connectivity index (χ0n) is 12.7. The van der Waals surface area contributed by atoms with Crippen molar-refractivity contribution in [2.24, 2.45) is 5.92 Å². The third-order valence-electron chi connectivity index (χ3n) is 3.98. The number of nitrogens with zero attached hydrogens (tertiary/aromatic N) is 1. The number of fused-ring (bicyclic) bond motifs is 1. The van der Waals surface area contributed by atoms with Crippen molar-refractivity contribution in [2.45, 2.75) is 47.0 Å². The van der Waals surface area contributed by atoms with E-state index in [1.165, 1.54) is 6.07 Å². The number of carbonyl (C=O) groups excluding carboxylic acids is 1. The molecule has 1 aromatic rings. The molecular weight excluding hydrogens is 241 g/mol. The monoisotopic (exact) mass is 265 g/mol. The van der Waals surface area contributed by atoms with Gasteiger partial charge in [-0.1, -0.05) is 39.8 Å². The molecule has 0 saturated heterocycles. The van der Waals surface area contributed by atoms with E-state index in [0.717, 1.165) is 5.56 Å². The molecule has 2 nitrogen and oxygen atoms in total. The van der Waals surface area contributed by atoms with E-state index in [1.807, 2.05) is 47.6 Å². The lowest BCUT2D eigenvalue weighted by Gasteiger charge is -2.28. The van der Waals surface area contributed by atoms with Crippen molar-refractivity contribution in [3.8, 4) is 0 Å². The average Bonchev–Trinajstić information content (AvgIpc) is 2.64. The Morgan fingerprint density at radius 3 is 2.37 bits per heavy atom. The maximum Gasteiger partial charge on any atom is 0.237 e. The van der Waals surface area contributed by atoms with E-state index >= 15 is 0 Å². The highest BCUT2D eigenvalue weighted by Gasteiger charge is 2.49. The second-order valence-corrected chi connectivity index (χ2v) is 5.04. The number of hydrogen-bond donors (Lipinski definition) is 0. The van der Waals surface area contributed by atoms with Crippen molar-refractivity contribution >= 4 is 11.6 Å². The molecule has 0 saturated carbocycles. The highest BCUT2D eigenvalue weighted by Crippen LogP contribution is 2.46. The zero-order valence-corrected chi connectivity index (χ0v) is 12.7. The Morgan fingerprint density at radius 2 is 1.89 bits per heavy atom. The van der Waals surface area contributed by atoms with Crippen molar-refractivity contribution < 1.29 is 9.18 Å². The second kappa shape index (κ2) is 5.72. The number of halogens is 1. The molecule has 1 amide bonds. The van der Waals surface area contributed by atoms with E-state index in [1.54, 1.807) is 11.0 Å². The van der Waals surface area contributed by atoms with Gasteiger partial charge in [0.15, 0.2) is 0 Å². The fraction of sp³-hybridized carbons (Fsp3) is 0.562. The third-order valence-corrected chi connectivity index (χ3v) is 3.98. The van der Waals surface area contributed by atoms with Crippen LogP contribution in [0.5, 0.6) is 0 Å². The number of likely N-dealkylation sites (N-methyl/N-ethyl adjacent to an activating group) is 1. The molecule has 0 N–H and O–H groups in total. The molecule has 1 unspecified atom stereocenters. The summed E-state index contributed by atoms with van der Waals surface area (Å²) >= 11 is 0. The third kappa shape index (κ3) is 2.15. The van der Waals surface area contributed by atoms with Crippen LogP contribution in [0.25, 0.3) is 0 Å². The van der Waals surface area contributed by atoms with Crippen LogP contribution in [0.2, 0.25) is 0 Å². The van der Waals surface area contributed by atoms with E-state index in [4.69, 9.17) is 0 Å². The summed E-state index contributed by atoms with van der Waals surface area (Å²) in [4.78, 5) is 14.0. The Kier molecular flexibility index (Phi) is 4.72. The highest BCUT2D eigenvalue weighted by molar-refractivity contribution is 6.08. The van der Waals surface area contributed by atoms with Crippen molar-refractivity contribution in [3.05, 3.63) is 29.6 Å². The molecule has 0 fully saturated rings. The van der Waals surface area contributed by atoms with Gasteiger partial charge in [0.05, 0.1) is 11.1 Å². The predicted molar refractivity (Wildman–Crippen MR) is 78.0 cm³/mol. The van der Waals surface area contributed by atoms with Crippen molar-refractivity contribution in [1.82, 2.24) is 0 Å². The van der Waals surface area contributed by atoms with Gasteiger partial charge in [-0.25, -0.2) is 4.39 Å². The number of hydrogen-bond acceptors (Lipinski definition) is 1. The quantitative estimate of drug-likeness (QED) is 0.787. The first-order chi connectivity index (χ1) is 8.94. The summed E-state index contributed by atoms with van der Waals surface area (Å²) in [7, 11) is 0. The van der Waals surface area contributed by atoms with Crippen LogP contribution in [0.1, 0.15) is 47.1 Å². The number of anilines is 1. The van der Waals surface area contributed by atoms with E-state index in [0.29, 0.717) is 12.2 Å². The van der Waals surface area contributed by atoms with Gasteiger partial charge in [-0.2, -0.15) is 0 Å². The minimum absolute atomic E-state index is 0.00935. The van der Waals surface area contributed by atoms with Crippen LogP contribution in [0, 0.1) is 11.7 Å². The number of rotatable bonds is 2. The predicted octanol–water partition coefficient (Wildman–Crippen LogP) is 4.13. The number of carbonyl (C=O) groups is 1. The average molecular weight is 265 g/mol. The maximum atomic E-state index is 13.9. The minimum Gasteiger partial charge on any atom is -0.309 e. The standard InChI is InChI=1S/C14H18FNO.C2H6/c1-5-16-12-10(7-6-8-11(12)15)14(4,9(2)3)13(16)17;1-2/h6-9H,5H2,1-4H3;1-2H3. The molecule has 2 rings (SSSR count). The van der Waals surface area contributed by atoms with Crippen LogP contribution in [0.15, 0.2) is 18.2 Å². The summed E-state index contributed by atoms with van der Waals surface area (Å²) < 4.78 is 13.9. The van der Waals surface area contributed by atoms with Crippen LogP contribution in [0.3, 0.4) is 0 Å². The fourth-order valence-corrected chi connectivity index (χ4v) is 2.57. The smallest absolute Gasteiger partial charge is 0.237 e. The molecule has 0 radical (unpaired) electrons. The molecule has 1 atom stereocenters. The first-order valence-electron chi connectivity index (χ1n) is 7.05. The van der Waals surface area contributed by atoms with Gasteiger partial charge in [0.1, 0.15) is 5.82 Å². The lowest BCUT2D eigenvalue weighted by molar-refractivity contribution is -0.124. The van der Waals surface area contributed by atoms with Gasteiger partial charge in [-0.3, -0.25) is 4.79 Å². The van der Waals surface area contributed by atoms with Crippen LogP contribution >= 0.6 is 0 Å². The Hall–Kier alpha value is -1.38. The molecule has 0 aliphatic carbocycles. The van der Waals surface area contributed by atoms with Gasteiger partial charge < -0.3 is 4.90 Å². The van der Waals surface area contributed by atoms with Gasteiger partial charge >= 0.3 is 0 Å². The minimum atomic E-state index is -0.604. The van der Waals surface area contributed by atoms with Crippen LogP contribution in [-0.4, -0.2) is 12.5 Å². The molecule has 3 heteroatoms. The molecule has 1 aliphatic rings. The zero-order chi connectivity index (χ0) is 14.8. The number of amides is 1. The molecule has 1 aliphatic heterocycles. The summed E-state index contributed by atoms with van der Waals surface area (Å²) in [6, 6.07) is 4.97. The van der Waals surface area contributed by atoms with Crippen molar-refractivity contribution in [1.29, 1.82) is 0 Å². The SMILES string of the molecule is CC.CCN1C(=O)C(C)(C(C)C)c2cccc(F)c21. The summed E-state index contributed by atoms with van der Waals surface area (Å²) in [5.74, 6) is -0.149. The van der Waals surface area contributed by atoms with Gasteiger partial charge in [-0.05, 0) is 31.4 Å². The topological polar surface area (TPSA) is 20.3 Å². The lowest BCUT2D eigenvalue weighted by atomic mass is 9.74. The van der Waals surface area contributed by atoms with Crippen LogP contribution in [0.4, 0.5) is 10.1 Å². The maximum absolute atomic E-state index is 13.9. The number of benzene rings is 1. The van der Waals surface area contributed by atoms with Gasteiger partial charge in [-0.15, -0.1) is 0 Å². The largest absolute Gasteiger partial charge is 0.309 e. The first kappa shape index (κ1) is 15.7. The molecular formula is C16H24FNO. The van der Waals surface area contributed by atoms with E-state index < -0.39 is 5.41 Å². The van der Waals surface area contributed by atoms with Crippen LogP contribution in [-0.2, 0) is 10.2 Å². The highest BCUT2D eigenvalue weighted by atomic mass is 19.1. The van der Waals surface area contributed by atoms with E-state index in [2.05, 4.69) is 0 Å². The molecule has 0 bridgehead atoms.